The van der Waals surface area contributed by atoms with Crippen molar-refractivity contribution in [2.45, 2.75) is 384 Å². The third-order valence-electron chi connectivity index (χ3n) is 16.7. The minimum absolute atomic E-state index is 0.0140. The molecule has 0 aromatic heterocycles. The lowest BCUT2D eigenvalue weighted by Gasteiger charge is -2.40. The molecule has 7 atom stereocenters. The van der Waals surface area contributed by atoms with Crippen LogP contribution >= 0.6 is 0 Å². The largest absolute Gasteiger partial charge is 0.466 e. The van der Waals surface area contributed by atoms with Gasteiger partial charge in [0.15, 0.2) is 6.29 Å². The molecule has 1 heterocycles. The SMILES string of the molecule is CC/C=C/CC/C=C/CC/C=C/C(O)C(COC1OC(CO)C(O)C(O)C1O)NC(=O)CCCCCCCCCCCCCCCCCCCCCCCCCCCCCCCCCCCOC(=O)CCCCCCCCCCCCC. The molecular formula is C71H133NO10. The standard InChI is InChI=1S/C71H133NO10/c1-3-5-7-9-11-13-38-43-47-51-55-59-67(76)80-60-56-52-48-44-40-37-35-33-31-29-27-25-23-21-19-17-15-16-18-20-22-24-26-28-30-32-34-36-39-42-46-50-54-58-66(75)72-63(62-81-71-70(79)69(78)68(77)65(61-73)82-71)64(74)57-53-49-45-41-14-12-10-8-6-4-2/h6,8,14,41,53,57,63-65,68-71,73-74,77-79H,3-5,7,9-13,15-40,42-52,54-56,58-62H2,1-2H3,(H,72,75)/b8-6+,41-14+,57-53+. The van der Waals surface area contributed by atoms with Crippen LogP contribution in [0.1, 0.15) is 341 Å². The first kappa shape index (κ1) is 77.9. The van der Waals surface area contributed by atoms with E-state index in [-0.39, 0.29) is 18.5 Å². The predicted molar refractivity (Wildman–Crippen MR) is 343 cm³/mol. The minimum Gasteiger partial charge on any atom is -0.466 e. The van der Waals surface area contributed by atoms with E-state index < -0.39 is 49.5 Å². The van der Waals surface area contributed by atoms with Crippen LogP contribution in [0, 0.1) is 0 Å². The third kappa shape index (κ3) is 49.0. The molecule has 7 unspecified atom stereocenters. The Labute approximate surface area is 504 Å². The van der Waals surface area contributed by atoms with E-state index in [0.717, 1.165) is 64.2 Å². The molecule has 0 aromatic carbocycles. The Bertz CT molecular complexity index is 1460. The first-order chi connectivity index (χ1) is 40.2. The second-order valence-electron chi connectivity index (χ2n) is 24.6. The fourth-order valence-corrected chi connectivity index (χ4v) is 11.2. The summed E-state index contributed by atoms with van der Waals surface area (Å²) in [7, 11) is 0. The van der Waals surface area contributed by atoms with Gasteiger partial charge in [0.2, 0.25) is 5.91 Å². The summed E-state index contributed by atoms with van der Waals surface area (Å²) in [6, 6.07) is -0.830. The van der Waals surface area contributed by atoms with Gasteiger partial charge in [-0.2, -0.15) is 0 Å². The van der Waals surface area contributed by atoms with Crippen molar-refractivity contribution in [3.05, 3.63) is 36.5 Å². The highest BCUT2D eigenvalue weighted by molar-refractivity contribution is 5.76. The van der Waals surface area contributed by atoms with Crippen LogP contribution in [0.3, 0.4) is 0 Å². The van der Waals surface area contributed by atoms with Crippen molar-refractivity contribution in [2.24, 2.45) is 0 Å². The van der Waals surface area contributed by atoms with E-state index in [1.165, 1.54) is 250 Å². The zero-order chi connectivity index (χ0) is 59.5. The summed E-state index contributed by atoms with van der Waals surface area (Å²) in [5.74, 6) is -0.179. The number of unbranched alkanes of at least 4 members (excludes halogenated alkanes) is 44. The molecule has 0 aromatic rings. The van der Waals surface area contributed by atoms with E-state index in [2.05, 4.69) is 43.5 Å². The molecule has 482 valence electrons. The summed E-state index contributed by atoms with van der Waals surface area (Å²) in [5.41, 5.74) is 0. The molecule has 1 fully saturated rings. The summed E-state index contributed by atoms with van der Waals surface area (Å²) in [4.78, 5) is 25.0. The molecule has 0 saturated carbocycles. The Balaban J connectivity index is 1.91. The Morgan fingerprint density at radius 3 is 1.20 bits per heavy atom. The molecule has 1 amide bonds. The fraction of sp³-hybridized carbons (Fsp3) is 0.887. The van der Waals surface area contributed by atoms with Gasteiger partial charge in [0.25, 0.3) is 0 Å². The van der Waals surface area contributed by atoms with Crippen molar-refractivity contribution in [1.29, 1.82) is 0 Å². The van der Waals surface area contributed by atoms with Crippen molar-refractivity contribution in [2.75, 3.05) is 19.8 Å². The van der Waals surface area contributed by atoms with Crippen LogP contribution in [0.5, 0.6) is 0 Å². The summed E-state index contributed by atoms with van der Waals surface area (Å²) in [5, 5.41) is 54.3. The van der Waals surface area contributed by atoms with Gasteiger partial charge >= 0.3 is 5.97 Å². The van der Waals surface area contributed by atoms with Crippen molar-refractivity contribution in [3.63, 3.8) is 0 Å². The van der Waals surface area contributed by atoms with Gasteiger partial charge in [0.1, 0.15) is 24.4 Å². The van der Waals surface area contributed by atoms with E-state index in [9.17, 15) is 35.1 Å². The smallest absolute Gasteiger partial charge is 0.305 e. The van der Waals surface area contributed by atoms with Gasteiger partial charge in [-0.15, -0.1) is 0 Å². The number of ether oxygens (including phenoxy) is 3. The zero-order valence-corrected chi connectivity index (χ0v) is 53.5. The minimum atomic E-state index is -1.58. The van der Waals surface area contributed by atoms with Crippen LogP contribution in [0.25, 0.3) is 0 Å². The highest BCUT2D eigenvalue weighted by Crippen LogP contribution is 2.23. The van der Waals surface area contributed by atoms with Crippen molar-refractivity contribution in [1.82, 2.24) is 5.32 Å². The number of hydrogen-bond donors (Lipinski definition) is 6. The Hall–Kier alpha value is -2.12. The van der Waals surface area contributed by atoms with E-state index in [0.29, 0.717) is 19.4 Å². The number of rotatable bonds is 62. The van der Waals surface area contributed by atoms with Crippen LogP contribution in [-0.2, 0) is 23.8 Å². The second-order valence-corrected chi connectivity index (χ2v) is 24.6. The van der Waals surface area contributed by atoms with Gasteiger partial charge in [-0.1, -0.05) is 314 Å². The van der Waals surface area contributed by atoms with Gasteiger partial charge in [-0.3, -0.25) is 9.59 Å². The van der Waals surface area contributed by atoms with Crippen LogP contribution in [0.15, 0.2) is 36.5 Å². The van der Waals surface area contributed by atoms with Crippen LogP contribution < -0.4 is 5.32 Å². The lowest BCUT2D eigenvalue weighted by Crippen LogP contribution is -2.60. The molecule has 0 bridgehead atoms. The average Bonchev–Trinajstić information content (AvgIpc) is 3.56. The number of amides is 1. The van der Waals surface area contributed by atoms with E-state index in [1.807, 2.05) is 6.08 Å². The lowest BCUT2D eigenvalue weighted by molar-refractivity contribution is -0.302. The van der Waals surface area contributed by atoms with E-state index >= 15 is 0 Å². The molecule has 1 rings (SSSR count). The zero-order valence-electron chi connectivity index (χ0n) is 53.5. The summed E-state index contributed by atoms with van der Waals surface area (Å²) in [6.07, 6.45) is 67.4. The number of carbonyl (C=O) groups excluding carboxylic acids is 2. The molecule has 1 saturated heterocycles. The molecule has 1 aliphatic rings. The van der Waals surface area contributed by atoms with Crippen molar-refractivity contribution >= 4 is 11.9 Å². The van der Waals surface area contributed by atoms with Gasteiger partial charge in [-0.25, -0.2) is 0 Å². The van der Waals surface area contributed by atoms with Crippen LogP contribution in [-0.4, -0.2) is 100 Å². The summed E-state index contributed by atoms with van der Waals surface area (Å²) in [6.45, 7) is 4.23. The number of allylic oxidation sites excluding steroid dienone is 5. The number of carbonyl (C=O) groups is 2. The Morgan fingerprint density at radius 2 is 0.805 bits per heavy atom. The molecule has 0 spiro atoms. The molecule has 0 radical (unpaired) electrons. The van der Waals surface area contributed by atoms with Crippen LogP contribution in [0.2, 0.25) is 0 Å². The second kappa shape index (κ2) is 60.6. The predicted octanol–water partition coefficient (Wildman–Crippen LogP) is 17.8. The molecule has 0 aliphatic carbocycles. The molecule has 1 aliphatic heterocycles. The maximum absolute atomic E-state index is 13.0. The number of aliphatic hydroxyl groups excluding tert-OH is 5. The maximum Gasteiger partial charge on any atom is 0.305 e. The normalized spacial score (nSPS) is 18.4. The number of aliphatic hydroxyl groups is 5. The lowest BCUT2D eigenvalue weighted by atomic mass is 9.99. The average molecular weight is 1160 g/mol. The summed E-state index contributed by atoms with van der Waals surface area (Å²) >= 11 is 0. The first-order valence-corrected chi connectivity index (χ1v) is 35.3. The van der Waals surface area contributed by atoms with Gasteiger partial charge in [0.05, 0.1) is 32.0 Å². The molecule has 11 nitrogen and oxygen atoms in total. The number of esters is 1. The molecule has 11 heteroatoms. The van der Waals surface area contributed by atoms with Gasteiger partial charge in [-0.05, 0) is 51.4 Å². The summed E-state index contributed by atoms with van der Waals surface area (Å²) < 4.78 is 16.7. The number of hydrogen-bond acceptors (Lipinski definition) is 10. The monoisotopic (exact) mass is 1160 g/mol. The third-order valence-corrected chi connectivity index (χ3v) is 16.7. The van der Waals surface area contributed by atoms with E-state index in [1.54, 1.807) is 6.08 Å². The highest BCUT2D eigenvalue weighted by Gasteiger charge is 2.44. The van der Waals surface area contributed by atoms with Gasteiger partial charge < -0.3 is 45.1 Å². The topological polar surface area (TPSA) is 175 Å². The molecular weight excluding hydrogens is 1030 g/mol. The van der Waals surface area contributed by atoms with Gasteiger partial charge in [0, 0.05) is 12.8 Å². The first-order valence-electron chi connectivity index (χ1n) is 35.3. The van der Waals surface area contributed by atoms with Crippen molar-refractivity contribution < 1.29 is 49.3 Å². The Kier molecular flexibility index (Phi) is 57.5. The Morgan fingerprint density at radius 1 is 0.451 bits per heavy atom. The fourth-order valence-electron chi connectivity index (χ4n) is 11.2. The van der Waals surface area contributed by atoms with Crippen molar-refractivity contribution in [3.8, 4) is 0 Å². The van der Waals surface area contributed by atoms with E-state index in [4.69, 9.17) is 14.2 Å². The van der Waals surface area contributed by atoms with Crippen LogP contribution in [0.4, 0.5) is 0 Å². The quantitative estimate of drug-likeness (QED) is 0.0195. The maximum atomic E-state index is 13.0. The molecule has 82 heavy (non-hydrogen) atoms. The molecule has 6 N–H and O–H groups in total. The highest BCUT2D eigenvalue weighted by atomic mass is 16.7. The number of nitrogens with one attached hydrogen (secondary N) is 1.